The number of nitrogens with one attached hydrogen (secondary N) is 2. The number of aromatic nitrogens is 5. The molecule has 1 fully saturated rings. The first-order chi connectivity index (χ1) is 15.9. The van der Waals surface area contributed by atoms with Gasteiger partial charge >= 0.3 is 0 Å². The van der Waals surface area contributed by atoms with Crippen LogP contribution in [0, 0.1) is 5.92 Å². The topological polar surface area (TPSA) is 121 Å². The minimum Gasteiger partial charge on any atom is -0.367 e. The number of nitrogens with zero attached hydrogens (tertiary/aromatic N) is 7. The lowest BCUT2D eigenvalue weighted by atomic mass is 10.0. The molecule has 0 aromatic carbocycles. The van der Waals surface area contributed by atoms with Gasteiger partial charge in [0.25, 0.3) is 5.91 Å². The van der Waals surface area contributed by atoms with Crippen molar-refractivity contribution in [3.63, 3.8) is 0 Å². The Balaban J connectivity index is 1.57. The molecule has 0 radical (unpaired) electrons. The normalized spacial score (nSPS) is 14.4. The molecule has 170 valence electrons. The Morgan fingerprint density at radius 2 is 2.00 bits per heavy atom. The van der Waals surface area contributed by atoms with Gasteiger partial charge in [0, 0.05) is 70.2 Å². The van der Waals surface area contributed by atoms with Crippen molar-refractivity contribution in [3.05, 3.63) is 35.8 Å². The number of anilines is 4. The van der Waals surface area contributed by atoms with E-state index in [1.165, 1.54) is 11.9 Å². The van der Waals surface area contributed by atoms with Crippen LogP contribution in [-0.4, -0.2) is 57.9 Å². The van der Waals surface area contributed by atoms with Crippen LogP contribution in [-0.2, 0) is 18.4 Å². The molecule has 11 heteroatoms. The van der Waals surface area contributed by atoms with Crippen molar-refractivity contribution in [3.8, 4) is 11.3 Å². The fourth-order valence-electron chi connectivity index (χ4n) is 4.11. The number of fused-ring (bicyclic) bond motifs is 3. The van der Waals surface area contributed by atoms with Crippen molar-refractivity contribution < 1.29 is 9.59 Å². The molecule has 1 aliphatic carbocycles. The summed E-state index contributed by atoms with van der Waals surface area (Å²) in [6.45, 7) is 0.678. The number of pyridine rings is 1. The number of carbonyl (C=O) groups excluding carboxylic acids is 2. The second-order valence-corrected chi connectivity index (χ2v) is 8.43. The number of amides is 2. The Labute approximate surface area is 190 Å². The average molecular weight is 448 g/mol. The molecule has 0 saturated heterocycles. The van der Waals surface area contributed by atoms with E-state index in [9.17, 15) is 9.59 Å². The summed E-state index contributed by atoms with van der Waals surface area (Å²) in [5, 5.41) is 18.7. The molecule has 0 bridgehead atoms. The van der Waals surface area contributed by atoms with Crippen LogP contribution in [0.1, 0.15) is 28.9 Å². The van der Waals surface area contributed by atoms with Gasteiger partial charge in [0.2, 0.25) is 5.91 Å². The summed E-state index contributed by atoms with van der Waals surface area (Å²) in [5.74, 6) is 0.577. The zero-order valence-electron chi connectivity index (χ0n) is 19.0. The summed E-state index contributed by atoms with van der Waals surface area (Å²) in [6.07, 6.45) is 5.49. The molecule has 33 heavy (non-hydrogen) atoms. The van der Waals surface area contributed by atoms with Gasteiger partial charge in [-0.15, -0.1) is 10.2 Å². The molecule has 2 aliphatic rings. The third kappa shape index (κ3) is 3.65. The van der Waals surface area contributed by atoms with E-state index in [0.29, 0.717) is 23.9 Å². The molecule has 11 nitrogen and oxygen atoms in total. The van der Waals surface area contributed by atoms with Crippen LogP contribution in [0.4, 0.5) is 23.0 Å². The molecule has 3 aromatic heterocycles. The lowest BCUT2D eigenvalue weighted by molar-refractivity contribution is -0.119. The molecule has 0 atom stereocenters. The number of hydrogen-bond acceptors (Lipinski definition) is 8. The van der Waals surface area contributed by atoms with E-state index in [1.54, 1.807) is 24.0 Å². The molecule has 0 spiro atoms. The minimum atomic E-state index is -0.391. The Hall–Kier alpha value is -4.02. The van der Waals surface area contributed by atoms with Gasteiger partial charge in [-0.2, -0.15) is 5.10 Å². The maximum atomic E-state index is 12.5. The van der Waals surface area contributed by atoms with Crippen molar-refractivity contribution in [2.45, 2.75) is 19.4 Å². The highest BCUT2D eigenvalue weighted by Gasteiger charge is 2.33. The van der Waals surface area contributed by atoms with Gasteiger partial charge in [-0.3, -0.25) is 19.2 Å². The summed E-state index contributed by atoms with van der Waals surface area (Å²) in [5.41, 5.74) is 4.38. The van der Waals surface area contributed by atoms with Crippen LogP contribution in [0.5, 0.6) is 0 Å². The zero-order valence-corrected chi connectivity index (χ0v) is 19.0. The van der Waals surface area contributed by atoms with Crippen LogP contribution < -0.4 is 20.4 Å². The van der Waals surface area contributed by atoms with Gasteiger partial charge in [0.05, 0.1) is 17.1 Å². The van der Waals surface area contributed by atoms with Gasteiger partial charge in [-0.05, 0) is 18.9 Å². The summed E-state index contributed by atoms with van der Waals surface area (Å²) in [4.78, 5) is 33.2. The maximum Gasteiger partial charge on any atom is 0.273 e. The summed E-state index contributed by atoms with van der Waals surface area (Å²) >= 11 is 0. The first-order valence-corrected chi connectivity index (χ1v) is 10.7. The van der Waals surface area contributed by atoms with E-state index in [0.717, 1.165) is 35.3 Å². The van der Waals surface area contributed by atoms with Crippen LogP contribution in [0.2, 0.25) is 0 Å². The van der Waals surface area contributed by atoms with E-state index < -0.39 is 5.91 Å². The van der Waals surface area contributed by atoms with Gasteiger partial charge in [-0.25, -0.2) is 4.98 Å². The molecular weight excluding hydrogens is 422 g/mol. The van der Waals surface area contributed by atoms with Gasteiger partial charge < -0.3 is 15.5 Å². The number of aryl methyl sites for hydroxylation is 1. The quantitative estimate of drug-likeness (QED) is 0.606. The fourth-order valence-corrected chi connectivity index (χ4v) is 4.11. The average Bonchev–Trinajstić information content (AvgIpc) is 3.59. The Morgan fingerprint density at radius 3 is 2.73 bits per heavy atom. The molecule has 0 unspecified atom stereocenters. The van der Waals surface area contributed by atoms with E-state index in [-0.39, 0.29) is 17.5 Å². The molecule has 2 amide bonds. The Morgan fingerprint density at radius 1 is 1.21 bits per heavy atom. The van der Waals surface area contributed by atoms with E-state index >= 15 is 0 Å². The third-order valence-corrected chi connectivity index (χ3v) is 5.95. The van der Waals surface area contributed by atoms with E-state index in [1.807, 2.05) is 26.4 Å². The molecule has 4 heterocycles. The minimum absolute atomic E-state index is 0.000531. The van der Waals surface area contributed by atoms with Crippen molar-refractivity contribution >= 4 is 34.8 Å². The van der Waals surface area contributed by atoms with Crippen molar-refractivity contribution in [2.24, 2.45) is 13.0 Å². The zero-order chi connectivity index (χ0) is 23.3. The molecule has 2 N–H and O–H groups in total. The maximum absolute atomic E-state index is 12.5. The van der Waals surface area contributed by atoms with Crippen LogP contribution in [0.3, 0.4) is 0 Å². The highest BCUT2D eigenvalue weighted by molar-refractivity contribution is 6.01. The molecule has 1 aliphatic heterocycles. The predicted molar refractivity (Wildman–Crippen MR) is 123 cm³/mol. The summed E-state index contributed by atoms with van der Waals surface area (Å²) in [7, 11) is 7.09. The number of hydrogen-bond donors (Lipinski definition) is 2. The predicted octanol–water partition coefficient (Wildman–Crippen LogP) is 1.70. The Bertz CT molecular complexity index is 1260. The number of rotatable bonds is 5. The van der Waals surface area contributed by atoms with Gasteiger partial charge in [-0.1, -0.05) is 0 Å². The van der Waals surface area contributed by atoms with E-state index in [2.05, 4.69) is 35.8 Å². The highest BCUT2D eigenvalue weighted by atomic mass is 16.2. The van der Waals surface area contributed by atoms with Crippen molar-refractivity contribution in [2.75, 3.05) is 36.3 Å². The van der Waals surface area contributed by atoms with Crippen LogP contribution >= 0.6 is 0 Å². The lowest BCUT2D eigenvalue weighted by Gasteiger charge is -2.28. The summed E-state index contributed by atoms with van der Waals surface area (Å²) in [6, 6.07) is 3.59. The van der Waals surface area contributed by atoms with Gasteiger partial charge in [0.15, 0.2) is 17.3 Å². The second-order valence-electron chi connectivity index (χ2n) is 8.43. The highest BCUT2D eigenvalue weighted by Crippen LogP contribution is 2.42. The second kappa shape index (κ2) is 7.84. The Kier molecular flexibility index (Phi) is 4.95. The van der Waals surface area contributed by atoms with E-state index in [4.69, 9.17) is 0 Å². The molecule has 5 rings (SSSR count). The molecule has 3 aromatic rings. The SMILES string of the molecule is CNC(=O)c1nnc(N(C)C(=O)C2CC2)cc1Nc1nccc2c1N(C)Cc1cn(C)nc1-2. The smallest absolute Gasteiger partial charge is 0.273 e. The molecular formula is C22H25N9O2. The fraction of sp³-hybridized carbons (Fsp3) is 0.364. The summed E-state index contributed by atoms with van der Waals surface area (Å²) < 4.78 is 1.80. The molecule has 1 saturated carbocycles. The van der Waals surface area contributed by atoms with Gasteiger partial charge in [0.1, 0.15) is 0 Å². The van der Waals surface area contributed by atoms with Crippen molar-refractivity contribution in [1.29, 1.82) is 0 Å². The first-order valence-electron chi connectivity index (χ1n) is 10.7. The van der Waals surface area contributed by atoms with Crippen LogP contribution in [0.15, 0.2) is 24.5 Å². The number of carbonyl (C=O) groups is 2. The lowest BCUT2D eigenvalue weighted by Crippen LogP contribution is -2.30. The first kappa shape index (κ1) is 20.9. The largest absolute Gasteiger partial charge is 0.367 e. The monoisotopic (exact) mass is 447 g/mol. The van der Waals surface area contributed by atoms with Crippen LogP contribution in [0.25, 0.3) is 11.3 Å². The van der Waals surface area contributed by atoms with Crippen molar-refractivity contribution in [1.82, 2.24) is 30.3 Å². The third-order valence-electron chi connectivity index (χ3n) is 5.95. The standard InChI is InChI=1S/C22H25N9O2/c1-23-21(32)18-15(9-16(26-27-18)31(4)22(33)12-5-6-12)25-20-19-14(7-8-24-20)17-13(10-29(19)2)11-30(3)28-17/h7-9,11-12H,5-6,10H2,1-4H3,(H,23,32)(H,24,25,26).